The van der Waals surface area contributed by atoms with Crippen molar-refractivity contribution in [3.63, 3.8) is 0 Å². The van der Waals surface area contributed by atoms with Gasteiger partial charge in [-0.05, 0) is 17.7 Å². The molecular formula is C20H30O10. The molecule has 0 aromatic heterocycles. The zero-order chi connectivity index (χ0) is 22.1. The molecule has 10 heteroatoms. The summed E-state index contributed by atoms with van der Waals surface area (Å²) in [6.45, 7) is -0.691. The minimum atomic E-state index is -1.55. The fourth-order valence-electron chi connectivity index (χ4n) is 2.88. The van der Waals surface area contributed by atoms with Gasteiger partial charge in [0, 0.05) is 7.11 Å². The number of benzene rings is 1. The molecule has 5 N–H and O–H groups in total. The van der Waals surface area contributed by atoms with Gasteiger partial charge in [-0.3, -0.25) is 0 Å². The Balaban J connectivity index is 2.00. The predicted octanol–water partition coefficient (Wildman–Crippen LogP) is -1.09. The molecule has 170 valence electrons. The number of rotatable bonds is 11. The van der Waals surface area contributed by atoms with Crippen LogP contribution in [-0.2, 0) is 14.2 Å². The molecule has 0 aliphatic carbocycles. The van der Waals surface area contributed by atoms with Crippen LogP contribution in [0, 0.1) is 0 Å². The SMILES string of the molecule is COC/C=C/c1ccc(O[C@@H](CO)CO[C@@H]2O[C@H](CO)[C@@H](O)[C@H](O)[C@H]2O)c(OC)c1. The van der Waals surface area contributed by atoms with Gasteiger partial charge in [0.25, 0.3) is 0 Å². The predicted molar refractivity (Wildman–Crippen MR) is 105 cm³/mol. The summed E-state index contributed by atoms with van der Waals surface area (Å²) < 4.78 is 26.7. The molecule has 0 saturated carbocycles. The van der Waals surface area contributed by atoms with E-state index in [2.05, 4.69) is 0 Å². The molecule has 2 rings (SSSR count). The van der Waals surface area contributed by atoms with Crippen LogP contribution >= 0.6 is 0 Å². The van der Waals surface area contributed by atoms with E-state index in [-0.39, 0.29) is 6.61 Å². The molecule has 0 radical (unpaired) electrons. The van der Waals surface area contributed by atoms with Gasteiger partial charge in [0.1, 0.15) is 30.5 Å². The maximum Gasteiger partial charge on any atom is 0.186 e. The second-order valence-electron chi connectivity index (χ2n) is 6.72. The quantitative estimate of drug-likeness (QED) is 0.293. The fraction of sp³-hybridized carbons (Fsp3) is 0.600. The molecule has 1 aromatic carbocycles. The molecule has 1 saturated heterocycles. The fourth-order valence-corrected chi connectivity index (χ4v) is 2.88. The van der Waals surface area contributed by atoms with Crippen molar-refractivity contribution in [2.75, 3.05) is 40.6 Å². The van der Waals surface area contributed by atoms with E-state index < -0.39 is 50.0 Å². The zero-order valence-corrected chi connectivity index (χ0v) is 17.0. The lowest BCUT2D eigenvalue weighted by molar-refractivity contribution is -0.304. The molecule has 1 heterocycles. The van der Waals surface area contributed by atoms with Gasteiger partial charge in [-0.2, -0.15) is 0 Å². The smallest absolute Gasteiger partial charge is 0.186 e. The lowest BCUT2D eigenvalue weighted by Gasteiger charge is -2.39. The summed E-state index contributed by atoms with van der Waals surface area (Å²) in [5, 5.41) is 48.5. The summed E-state index contributed by atoms with van der Waals surface area (Å²) >= 11 is 0. The summed E-state index contributed by atoms with van der Waals surface area (Å²) in [4.78, 5) is 0. The zero-order valence-electron chi connectivity index (χ0n) is 17.0. The highest BCUT2D eigenvalue weighted by atomic mass is 16.7. The third-order valence-electron chi connectivity index (χ3n) is 4.55. The van der Waals surface area contributed by atoms with E-state index in [1.165, 1.54) is 7.11 Å². The van der Waals surface area contributed by atoms with Gasteiger partial charge in [-0.1, -0.05) is 18.2 Å². The van der Waals surface area contributed by atoms with Crippen LogP contribution in [-0.4, -0.2) is 103 Å². The number of hydrogen-bond acceptors (Lipinski definition) is 10. The number of methoxy groups -OCH3 is 2. The Morgan fingerprint density at radius 1 is 1.07 bits per heavy atom. The largest absolute Gasteiger partial charge is 0.493 e. The van der Waals surface area contributed by atoms with Gasteiger partial charge in [-0.15, -0.1) is 0 Å². The minimum absolute atomic E-state index is 0.197. The summed E-state index contributed by atoms with van der Waals surface area (Å²) in [6, 6.07) is 5.24. The maximum absolute atomic E-state index is 10.0. The normalized spacial score (nSPS) is 27.9. The number of aliphatic hydroxyl groups excluding tert-OH is 5. The van der Waals surface area contributed by atoms with Crippen molar-refractivity contribution >= 4 is 6.08 Å². The first kappa shape index (κ1) is 24.5. The Morgan fingerprint density at radius 2 is 1.83 bits per heavy atom. The highest BCUT2D eigenvalue weighted by molar-refractivity contribution is 5.56. The maximum atomic E-state index is 10.0. The van der Waals surface area contributed by atoms with Crippen molar-refractivity contribution < 1.29 is 49.2 Å². The van der Waals surface area contributed by atoms with E-state index in [1.807, 2.05) is 12.2 Å². The molecule has 1 aromatic rings. The molecule has 1 aliphatic heterocycles. The van der Waals surface area contributed by atoms with E-state index in [9.17, 15) is 25.5 Å². The number of hydrogen-bond donors (Lipinski definition) is 5. The van der Waals surface area contributed by atoms with Crippen LogP contribution in [0.15, 0.2) is 24.3 Å². The van der Waals surface area contributed by atoms with Crippen molar-refractivity contribution in [2.45, 2.75) is 36.8 Å². The average Bonchev–Trinajstić information content (AvgIpc) is 2.76. The van der Waals surface area contributed by atoms with Crippen LogP contribution in [0.25, 0.3) is 6.08 Å². The number of ether oxygens (including phenoxy) is 5. The summed E-state index contributed by atoms with van der Waals surface area (Å²) in [7, 11) is 3.09. The first-order chi connectivity index (χ1) is 14.4. The van der Waals surface area contributed by atoms with Crippen LogP contribution in [0.5, 0.6) is 11.5 Å². The van der Waals surface area contributed by atoms with Crippen LogP contribution in [0.1, 0.15) is 5.56 Å². The lowest BCUT2D eigenvalue weighted by Crippen LogP contribution is -2.59. The Hall–Kier alpha value is -1.76. The standard InChI is InChI=1S/C20H30O10/c1-26-7-3-4-12-5-6-14(15(8-12)27-2)29-13(9-21)11-28-20-19(25)18(24)17(23)16(10-22)30-20/h3-6,8,13,16-25H,7,9-11H2,1-2H3/b4-3+/t13-,16+,17+,18-,19+,20+/m0/s1. The van der Waals surface area contributed by atoms with Crippen molar-refractivity contribution in [1.82, 2.24) is 0 Å². The molecule has 0 unspecified atom stereocenters. The van der Waals surface area contributed by atoms with Crippen LogP contribution in [0.4, 0.5) is 0 Å². The Bertz CT molecular complexity index is 665. The molecular weight excluding hydrogens is 400 g/mol. The van der Waals surface area contributed by atoms with Gasteiger partial charge in [0.15, 0.2) is 17.8 Å². The third kappa shape index (κ3) is 6.37. The van der Waals surface area contributed by atoms with E-state index in [4.69, 9.17) is 23.7 Å². The first-order valence-corrected chi connectivity index (χ1v) is 9.48. The van der Waals surface area contributed by atoms with Crippen molar-refractivity contribution in [3.05, 3.63) is 29.8 Å². The van der Waals surface area contributed by atoms with Crippen molar-refractivity contribution in [2.24, 2.45) is 0 Å². The van der Waals surface area contributed by atoms with Gasteiger partial charge in [0.2, 0.25) is 0 Å². The van der Waals surface area contributed by atoms with Crippen LogP contribution in [0.2, 0.25) is 0 Å². The Morgan fingerprint density at radius 3 is 2.47 bits per heavy atom. The second kappa shape index (κ2) is 12.2. The molecule has 0 amide bonds. The Kier molecular flexibility index (Phi) is 9.95. The first-order valence-electron chi connectivity index (χ1n) is 9.48. The summed E-state index contributed by atoms with van der Waals surface area (Å²) in [5.41, 5.74) is 0.870. The van der Waals surface area contributed by atoms with E-state index in [0.29, 0.717) is 18.1 Å². The summed E-state index contributed by atoms with van der Waals surface area (Å²) in [5.74, 6) is 0.818. The topological polar surface area (TPSA) is 147 Å². The van der Waals surface area contributed by atoms with Crippen LogP contribution in [0.3, 0.4) is 0 Å². The van der Waals surface area contributed by atoms with Gasteiger partial charge in [-0.25, -0.2) is 0 Å². The molecule has 30 heavy (non-hydrogen) atoms. The monoisotopic (exact) mass is 430 g/mol. The molecule has 0 spiro atoms. The van der Waals surface area contributed by atoms with Gasteiger partial charge in [0.05, 0.1) is 33.5 Å². The molecule has 10 nitrogen and oxygen atoms in total. The minimum Gasteiger partial charge on any atom is -0.493 e. The highest BCUT2D eigenvalue weighted by Crippen LogP contribution is 2.30. The number of aliphatic hydroxyl groups is 5. The molecule has 1 fully saturated rings. The Labute approximate surface area is 174 Å². The van der Waals surface area contributed by atoms with E-state index in [0.717, 1.165) is 5.56 Å². The molecule has 1 aliphatic rings. The van der Waals surface area contributed by atoms with E-state index in [1.54, 1.807) is 25.3 Å². The lowest BCUT2D eigenvalue weighted by atomic mass is 9.99. The van der Waals surface area contributed by atoms with Crippen LogP contribution < -0.4 is 9.47 Å². The third-order valence-corrected chi connectivity index (χ3v) is 4.55. The molecule has 0 bridgehead atoms. The van der Waals surface area contributed by atoms with E-state index >= 15 is 0 Å². The van der Waals surface area contributed by atoms with Crippen molar-refractivity contribution in [3.8, 4) is 11.5 Å². The second-order valence-corrected chi connectivity index (χ2v) is 6.72. The summed E-state index contributed by atoms with van der Waals surface area (Å²) in [6.07, 6.45) is -4.07. The van der Waals surface area contributed by atoms with Gasteiger partial charge < -0.3 is 49.2 Å². The van der Waals surface area contributed by atoms with Crippen molar-refractivity contribution in [1.29, 1.82) is 0 Å². The molecule has 6 atom stereocenters. The van der Waals surface area contributed by atoms with Gasteiger partial charge >= 0.3 is 0 Å². The highest BCUT2D eigenvalue weighted by Gasteiger charge is 2.44. The average molecular weight is 430 g/mol.